The van der Waals surface area contributed by atoms with Gasteiger partial charge in [-0.1, -0.05) is 76.2 Å². The van der Waals surface area contributed by atoms with Gasteiger partial charge in [0.1, 0.15) is 23.9 Å². The largest absolute Gasteiger partial charge is 0.458 e. The lowest BCUT2D eigenvalue weighted by Gasteiger charge is -2.68. The Morgan fingerprint density at radius 3 is 2.13 bits per heavy atom. The molecule has 4 aliphatic rings. The van der Waals surface area contributed by atoms with Crippen molar-refractivity contribution in [3.05, 3.63) is 82.9 Å². The van der Waals surface area contributed by atoms with Crippen molar-refractivity contribution in [1.82, 2.24) is 5.32 Å². The molecule has 0 aromatic heterocycles. The van der Waals surface area contributed by atoms with Crippen LogP contribution in [0, 0.1) is 34.0 Å². The third-order valence-corrected chi connectivity index (χ3v) is 13.5. The zero-order valence-electron chi connectivity index (χ0n) is 33.7. The van der Waals surface area contributed by atoms with Crippen molar-refractivity contribution < 1.29 is 48.3 Å². The number of rotatable bonds is 7. The topological polar surface area (TPSA) is 158 Å². The number of alkyl carbamates (subject to hydrolysis) is 1. The van der Waals surface area contributed by atoms with E-state index in [0.717, 1.165) is 0 Å². The van der Waals surface area contributed by atoms with Crippen LogP contribution in [0.5, 0.6) is 0 Å². The number of nitrogens with one attached hydrogen (secondary N) is 1. The van der Waals surface area contributed by atoms with Crippen LogP contribution in [0.2, 0.25) is 0 Å². The van der Waals surface area contributed by atoms with Crippen LogP contribution in [-0.4, -0.2) is 76.3 Å². The summed E-state index contributed by atoms with van der Waals surface area (Å²) in [4.78, 5) is 55.8. The van der Waals surface area contributed by atoms with Crippen molar-refractivity contribution in [2.45, 2.75) is 124 Å². The molecular formula is C44H57NO10. The first kappa shape index (κ1) is 40.6. The Balaban J connectivity index is 1.38. The first-order chi connectivity index (χ1) is 25.6. The van der Waals surface area contributed by atoms with E-state index in [1.54, 1.807) is 84.0 Å². The maximum Gasteiger partial charge on any atom is 0.408 e. The van der Waals surface area contributed by atoms with Crippen LogP contribution in [0.3, 0.4) is 0 Å². The van der Waals surface area contributed by atoms with Gasteiger partial charge in [0.2, 0.25) is 0 Å². The standard InChI is InChI=1S/C44H57NO10/c1-24-29(53-37(48)25(2)33(27-17-13-11-14-18-27)45-39(50)55-40(4,5)6)22-44(51)26(3)35-42(9)23-52-30(42)21-31(54-38(49)28-19-15-12-16-20-28)43(35,10)36(47)34(46)32(24)41(44,7)8/h11-20,25-26,29-31,33-35,46,51H,21-23H2,1-10H3,(H,45,50)/t25-,26+,29+,30-,31+,33-,34-,35?,42-,43-,44-/m1/s1. The lowest BCUT2D eigenvalue weighted by Crippen LogP contribution is -2.75. The Kier molecular flexibility index (Phi) is 10.4. The molecular weight excluding hydrogens is 702 g/mol. The minimum atomic E-state index is -1.70. The van der Waals surface area contributed by atoms with E-state index in [1.165, 1.54) is 0 Å². The Bertz CT molecular complexity index is 1850. The SMILES string of the molecule is CC1=C2[C@@H](O)C(=O)[C@@]3(C)C([C@H](C)[C@](O)(C[C@@H]1OC(=O)[C@H](C)[C@@H](NC(=O)OC(C)(C)C)c1ccccc1)C2(C)C)[C@]1(C)CO[C@@H]1C[C@@H]3OC(=O)c1ccccc1. The molecule has 2 aromatic rings. The number of esters is 2. The van der Waals surface area contributed by atoms with E-state index < -0.39 is 93.4 Å². The van der Waals surface area contributed by atoms with Gasteiger partial charge in [-0.2, -0.15) is 0 Å². The number of hydrogen-bond donors (Lipinski definition) is 3. The molecule has 1 unspecified atom stereocenters. The molecule has 11 heteroatoms. The van der Waals surface area contributed by atoms with Gasteiger partial charge in [0, 0.05) is 23.7 Å². The lowest BCUT2D eigenvalue weighted by atomic mass is 9.40. The highest BCUT2D eigenvalue weighted by atomic mass is 16.6. The number of fused-ring (bicyclic) bond motifs is 5. The molecule has 1 heterocycles. The molecule has 6 rings (SSSR count). The van der Waals surface area contributed by atoms with Crippen LogP contribution in [0.25, 0.3) is 0 Å². The highest BCUT2D eigenvalue weighted by Gasteiger charge is 2.73. The molecule has 11 nitrogen and oxygen atoms in total. The van der Waals surface area contributed by atoms with Crippen LogP contribution in [0.1, 0.15) is 104 Å². The number of ether oxygens (including phenoxy) is 4. The Hall–Kier alpha value is -4.06. The molecule has 2 saturated carbocycles. The van der Waals surface area contributed by atoms with E-state index in [4.69, 9.17) is 18.9 Å². The average Bonchev–Trinajstić information content (AvgIpc) is 3.12. The van der Waals surface area contributed by atoms with Gasteiger partial charge in [-0.25, -0.2) is 9.59 Å². The van der Waals surface area contributed by atoms with E-state index in [-0.39, 0.29) is 24.5 Å². The van der Waals surface area contributed by atoms with Crippen molar-refractivity contribution in [2.24, 2.45) is 34.0 Å². The third kappa shape index (κ3) is 6.69. The van der Waals surface area contributed by atoms with Gasteiger partial charge >= 0.3 is 18.0 Å². The van der Waals surface area contributed by atoms with Gasteiger partial charge in [0.05, 0.1) is 41.3 Å². The van der Waals surface area contributed by atoms with E-state index in [9.17, 15) is 24.6 Å². The van der Waals surface area contributed by atoms with Gasteiger partial charge in [-0.15, -0.1) is 0 Å². The fourth-order valence-corrected chi connectivity index (χ4v) is 10.5. The Labute approximate surface area is 324 Å². The Morgan fingerprint density at radius 1 is 0.964 bits per heavy atom. The van der Waals surface area contributed by atoms with Crippen molar-refractivity contribution in [3.63, 3.8) is 0 Å². The summed E-state index contributed by atoms with van der Waals surface area (Å²) in [5.74, 6) is -3.89. The van der Waals surface area contributed by atoms with Crippen molar-refractivity contribution in [3.8, 4) is 0 Å². The highest BCUT2D eigenvalue weighted by Crippen LogP contribution is 2.67. The number of aliphatic hydroxyl groups excluding tert-OH is 1. The number of hydrogen-bond acceptors (Lipinski definition) is 10. The summed E-state index contributed by atoms with van der Waals surface area (Å²) < 4.78 is 24.1. The zero-order valence-corrected chi connectivity index (χ0v) is 33.7. The minimum Gasteiger partial charge on any atom is -0.458 e. The van der Waals surface area contributed by atoms with Gasteiger partial charge in [-0.05, 0) is 82.2 Å². The minimum absolute atomic E-state index is 0.0198. The zero-order chi connectivity index (χ0) is 40.5. The smallest absolute Gasteiger partial charge is 0.408 e. The fourth-order valence-electron chi connectivity index (χ4n) is 10.5. The van der Waals surface area contributed by atoms with Gasteiger partial charge < -0.3 is 34.5 Å². The van der Waals surface area contributed by atoms with Crippen molar-refractivity contribution in [1.29, 1.82) is 0 Å². The number of carbonyl (C=O) groups is 4. The fraction of sp³-hybridized carbons (Fsp3) is 0.591. The molecule has 0 radical (unpaired) electrons. The number of amides is 1. The molecule has 298 valence electrons. The van der Waals surface area contributed by atoms with E-state index in [0.29, 0.717) is 23.3 Å². The molecule has 1 amide bonds. The summed E-state index contributed by atoms with van der Waals surface area (Å²) in [6.07, 6.45) is -4.49. The predicted octanol–water partition coefficient (Wildman–Crippen LogP) is 6.51. The number of benzene rings is 2. The van der Waals surface area contributed by atoms with Crippen molar-refractivity contribution in [2.75, 3.05) is 6.61 Å². The van der Waals surface area contributed by atoms with Gasteiger partial charge in [0.25, 0.3) is 0 Å². The summed E-state index contributed by atoms with van der Waals surface area (Å²) in [7, 11) is 0. The third-order valence-electron chi connectivity index (χ3n) is 13.5. The van der Waals surface area contributed by atoms with Crippen LogP contribution < -0.4 is 5.32 Å². The van der Waals surface area contributed by atoms with Crippen LogP contribution in [0.15, 0.2) is 71.8 Å². The molecule has 3 fully saturated rings. The number of ketones is 1. The van der Waals surface area contributed by atoms with Crippen LogP contribution in [-0.2, 0) is 28.5 Å². The van der Waals surface area contributed by atoms with Gasteiger partial charge in [0.15, 0.2) is 5.78 Å². The molecule has 2 bridgehead atoms. The highest BCUT2D eigenvalue weighted by molar-refractivity contribution is 5.94. The number of Topliss-reactive ketones (excluding diaryl/α,β-unsaturated/α-hetero) is 1. The number of carbonyl (C=O) groups excluding carboxylic acids is 4. The molecule has 3 N–H and O–H groups in total. The van der Waals surface area contributed by atoms with E-state index >= 15 is 4.79 Å². The summed E-state index contributed by atoms with van der Waals surface area (Å²) in [5.41, 5.74) is -3.80. The maximum absolute atomic E-state index is 15.1. The first-order valence-corrected chi connectivity index (χ1v) is 19.4. The molecule has 2 aromatic carbocycles. The monoisotopic (exact) mass is 759 g/mol. The second-order valence-electron chi connectivity index (χ2n) is 18.2. The summed E-state index contributed by atoms with van der Waals surface area (Å²) in [5, 5.41) is 28.4. The Morgan fingerprint density at radius 2 is 1.56 bits per heavy atom. The maximum atomic E-state index is 15.1. The van der Waals surface area contributed by atoms with Crippen LogP contribution in [0.4, 0.5) is 4.79 Å². The normalized spacial score (nSPS) is 35.0. The predicted molar refractivity (Wildman–Crippen MR) is 204 cm³/mol. The molecule has 11 atom stereocenters. The summed E-state index contributed by atoms with van der Waals surface area (Å²) >= 11 is 0. The number of aliphatic hydroxyl groups is 2. The van der Waals surface area contributed by atoms with Crippen LogP contribution >= 0.6 is 0 Å². The molecule has 1 saturated heterocycles. The van der Waals surface area contributed by atoms with Crippen molar-refractivity contribution >= 4 is 23.8 Å². The second kappa shape index (κ2) is 14.2. The van der Waals surface area contributed by atoms with E-state index in [2.05, 4.69) is 5.32 Å². The second-order valence-corrected chi connectivity index (χ2v) is 18.2. The molecule has 1 aliphatic heterocycles. The van der Waals surface area contributed by atoms with E-state index in [1.807, 2.05) is 45.9 Å². The molecule has 55 heavy (non-hydrogen) atoms. The summed E-state index contributed by atoms with van der Waals surface area (Å²) in [6, 6.07) is 16.8. The average molecular weight is 760 g/mol. The summed E-state index contributed by atoms with van der Waals surface area (Å²) in [6.45, 7) is 18.3. The first-order valence-electron chi connectivity index (χ1n) is 19.4. The molecule has 0 spiro atoms. The lowest BCUT2D eigenvalue weighted by molar-refractivity contribution is -0.301. The van der Waals surface area contributed by atoms with Gasteiger partial charge in [-0.3, -0.25) is 9.59 Å². The quantitative estimate of drug-likeness (QED) is 0.161. The molecule has 3 aliphatic carbocycles.